The molecule has 0 unspecified atom stereocenters. The fraction of sp³-hybridized carbons (Fsp3) is 0.455. The molecule has 4 rings (SSSR count). The molecule has 3 aromatic rings. The standard InChI is InChI=1S/C22H28N6O2/c1-21(2)11-15(12-22(3,4)27-21)28(5)20-24-13-17(25-26-20)16-7-6-14(10-18(16)29)19-23-8-9-30-19/h6-10,13,15,27,29H,11-12H2,1-5H3. The fourth-order valence-electron chi connectivity index (χ4n) is 4.51. The van der Waals surface area contributed by atoms with Gasteiger partial charge in [-0.3, -0.25) is 0 Å². The first-order chi connectivity index (χ1) is 14.1. The average Bonchev–Trinajstić information content (AvgIpc) is 3.20. The molecule has 30 heavy (non-hydrogen) atoms. The molecular weight excluding hydrogens is 380 g/mol. The summed E-state index contributed by atoms with van der Waals surface area (Å²) in [5.74, 6) is 1.10. The van der Waals surface area contributed by atoms with Crippen LogP contribution in [0.1, 0.15) is 40.5 Å². The molecule has 158 valence electrons. The quantitative estimate of drug-likeness (QED) is 0.675. The van der Waals surface area contributed by atoms with Crippen molar-refractivity contribution < 1.29 is 9.52 Å². The zero-order valence-corrected chi connectivity index (χ0v) is 18.0. The summed E-state index contributed by atoms with van der Waals surface area (Å²) in [6.45, 7) is 8.90. The number of piperidine rings is 1. The molecule has 0 atom stereocenters. The van der Waals surface area contributed by atoms with Gasteiger partial charge in [0.2, 0.25) is 11.8 Å². The van der Waals surface area contributed by atoms with Crippen LogP contribution < -0.4 is 10.2 Å². The molecule has 1 saturated heterocycles. The topological polar surface area (TPSA) is 100 Å². The van der Waals surface area contributed by atoms with E-state index >= 15 is 0 Å². The van der Waals surface area contributed by atoms with Gasteiger partial charge >= 0.3 is 0 Å². The molecule has 2 N–H and O–H groups in total. The van der Waals surface area contributed by atoms with Gasteiger partial charge in [0, 0.05) is 35.3 Å². The Morgan fingerprint density at radius 1 is 1.10 bits per heavy atom. The van der Waals surface area contributed by atoms with E-state index in [1.165, 1.54) is 6.26 Å². The summed E-state index contributed by atoms with van der Waals surface area (Å²) in [6, 6.07) is 5.49. The molecule has 1 fully saturated rings. The molecule has 1 aromatic carbocycles. The maximum absolute atomic E-state index is 10.5. The van der Waals surface area contributed by atoms with Crippen LogP contribution in [0.4, 0.5) is 5.95 Å². The molecule has 1 aliphatic heterocycles. The third-order valence-electron chi connectivity index (χ3n) is 5.53. The normalized spacial score (nSPS) is 18.3. The van der Waals surface area contributed by atoms with Gasteiger partial charge in [0.1, 0.15) is 17.7 Å². The van der Waals surface area contributed by atoms with Crippen LogP contribution in [0.5, 0.6) is 5.75 Å². The van der Waals surface area contributed by atoms with E-state index in [2.05, 4.69) is 58.1 Å². The van der Waals surface area contributed by atoms with Crippen molar-refractivity contribution in [2.24, 2.45) is 0 Å². The van der Waals surface area contributed by atoms with Crippen molar-refractivity contribution >= 4 is 5.95 Å². The number of phenols is 1. The summed E-state index contributed by atoms with van der Waals surface area (Å²) < 4.78 is 5.28. The summed E-state index contributed by atoms with van der Waals surface area (Å²) in [4.78, 5) is 10.7. The van der Waals surface area contributed by atoms with Crippen molar-refractivity contribution in [3.63, 3.8) is 0 Å². The monoisotopic (exact) mass is 408 g/mol. The van der Waals surface area contributed by atoms with Crippen LogP contribution in [0.2, 0.25) is 0 Å². The second kappa shape index (κ2) is 7.36. The van der Waals surface area contributed by atoms with Crippen LogP contribution in [0.15, 0.2) is 41.3 Å². The molecule has 2 aromatic heterocycles. The highest BCUT2D eigenvalue weighted by Gasteiger charge is 2.39. The average molecular weight is 409 g/mol. The van der Waals surface area contributed by atoms with Gasteiger partial charge in [0.15, 0.2) is 0 Å². The van der Waals surface area contributed by atoms with Gasteiger partial charge in [-0.1, -0.05) is 0 Å². The Balaban J connectivity index is 1.54. The molecule has 8 nitrogen and oxygen atoms in total. The largest absolute Gasteiger partial charge is 0.507 e. The fourth-order valence-corrected chi connectivity index (χ4v) is 4.51. The van der Waals surface area contributed by atoms with Crippen LogP contribution in [-0.4, -0.2) is 49.4 Å². The SMILES string of the molecule is CN(c1ncc(-c2ccc(-c3ncco3)cc2O)nn1)C1CC(C)(C)NC(C)(C)C1. The molecule has 0 amide bonds. The van der Waals surface area contributed by atoms with E-state index in [1.54, 1.807) is 24.5 Å². The molecule has 0 radical (unpaired) electrons. The van der Waals surface area contributed by atoms with E-state index < -0.39 is 0 Å². The van der Waals surface area contributed by atoms with Gasteiger partial charge < -0.3 is 19.7 Å². The zero-order chi connectivity index (χ0) is 21.5. The Labute approximate surface area is 176 Å². The van der Waals surface area contributed by atoms with E-state index in [1.807, 2.05) is 13.1 Å². The zero-order valence-electron chi connectivity index (χ0n) is 18.0. The second-order valence-electron chi connectivity index (χ2n) is 9.28. The van der Waals surface area contributed by atoms with Crippen molar-refractivity contribution in [2.45, 2.75) is 57.7 Å². The van der Waals surface area contributed by atoms with Crippen LogP contribution in [0.25, 0.3) is 22.7 Å². The minimum atomic E-state index is 0.0322. The predicted octanol–water partition coefficient (Wildman–Crippen LogP) is 3.64. The molecule has 0 spiro atoms. The lowest BCUT2D eigenvalue weighted by molar-refractivity contribution is 0.160. The maximum Gasteiger partial charge on any atom is 0.245 e. The number of oxazole rings is 1. The summed E-state index contributed by atoms with van der Waals surface area (Å²) in [5.41, 5.74) is 1.82. The molecule has 1 aliphatic rings. The van der Waals surface area contributed by atoms with Gasteiger partial charge in [-0.05, 0) is 58.7 Å². The number of hydrogen-bond acceptors (Lipinski definition) is 8. The molecule has 8 heteroatoms. The molecule has 0 bridgehead atoms. The molecular formula is C22H28N6O2. The third-order valence-corrected chi connectivity index (χ3v) is 5.53. The molecule has 0 aliphatic carbocycles. The van der Waals surface area contributed by atoms with Crippen molar-refractivity contribution in [2.75, 3.05) is 11.9 Å². The number of hydrogen-bond donors (Lipinski definition) is 2. The number of aromatic nitrogens is 4. The third kappa shape index (κ3) is 4.14. The van der Waals surface area contributed by atoms with Crippen LogP contribution in [-0.2, 0) is 0 Å². The van der Waals surface area contributed by atoms with Crippen molar-refractivity contribution in [1.82, 2.24) is 25.5 Å². The Hall–Kier alpha value is -3.00. The summed E-state index contributed by atoms with van der Waals surface area (Å²) >= 11 is 0. The summed E-state index contributed by atoms with van der Waals surface area (Å²) in [6.07, 6.45) is 6.68. The number of nitrogens with one attached hydrogen (secondary N) is 1. The van der Waals surface area contributed by atoms with Gasteiger partial charge in [-0.25, -0.2) is 9.97 Å². The smallest absolute Gasteiger partial charge is 0.245 e. The van der Waals surface area contributed by atoms with Crippen molar-refractivity contribution in [3.05, 3.63) is 36.9 Å². The van der Waals surface area contributed by atoms with E-state index in [4.69, 9.17) is 4.42 Å². The molecule has 0 saturated carbocycles. The lowest BCUT2D eigenvalue weighted by atomic mass is 9.79. The number of benzene rings is 1. The van der Waals surface area contributed by atoms with Crippen LogP contribution in [0, 0.1) is 0 Å². The highest BCUT2D eigenvalue weighted by molar-refractivity contribution is 5.71. The first kappa shape index (κ1) is 20.3. The number of phenolic OH excluding ortho intramolecular Hbond substituents is 1. The summed E-state index contributed by atoms with van der Waals surface area (Å²) in [7, 11) is 2.02. The number of anilines is 1. The minimum Gasteiger partial charge on any atom is -0.507 e. The Morgan fingerprint density at radius 2 is 1.83 bits per heavy atom. The second-order valence-corrected chi connectivity index (χ2v) is 9.28. The van der Waals surface area contributed by atoms with Crippen molar-refractivity contribution in [1.29, 1.82) is 0 Å². The first-order valence-electron chi connectivity index (χ1n) is 10.1. The summed E-state index contributed by atoms with van der Waals surface area (Å²) in [5, 5.41) is 22.8. The van der Waals surface area contributed by atoms with Gasteiger partial charge in [0.25, 0.3) is 0 Å². The first-order valence-corrected chi connectivity index (χ1v) is 10.1. The highest BCUT2D eigenvalue weighted by Crippen LogP contribution is 2.34. The predicted molar refractivity (Wildman–Crippen MR) is 115 cm³/mol. The van der Waals surface area contributed by atoms with Gasteiger partial charge in [-0.2, -0.15) is 0 Å². The van der Waals surface area contributed by atoms with Crippen molar-refractivity contribution in [3.8, 4) is 28.5 Å². The van der Waals surface area contributed by atoms with Gasteiger partial charge in [0.05, 0.1) is 12.4 Å². The highest BCUT2D eigenvalue weighted by atomic mass is 16.3. The van der Waals surface area contributed by atoms with E-state index in [0.717, 1.165) is 12.8 Å². The van der Waals surface area contributed by atoms with E-state index in [0.29, 0.717) is 34.7 Å². The Kier molecular flexibility index (Phi) is 4.97. The Morgan fingerprint density at radius 3 is 2.40 bits per heavy atom. The Bertz CT molecular complexity index is 999. The lowest BCUT2D eigenvalue weighted by Gasteiger charge is -2.48. The maximum atomic E-state index is 10.5. The minimum absolute atomic E-state index is 0.0322. The van der Waals surface area contributed by atoms with E-state index in [9.17, 15) is 5.11 Å². The van der Waals surface area contributed by atoms with Crippen LogP contribution in [0.3, 0.4) is 0 Å². The number of nitrogens with zero attached hydrogens (tertiary/aromatic N) is 5. The number of aromatic hydroxyl groups is 1. The number of rotatable bonds is 4. The molecule has 3 heterocycles. The van der Waals surface area contributed by atoms with Crippen LogP contribution >= 0.6 is 0 Å². The lowest BCUT2D eigenvalue weighted by Crippen LogP contribution is -2.62. The van der Waals surface area contributed by atoms with E-state index in [-0.39, 0.29) is 16.8 Å². The van der Waals surface area contributed by atoms with Gasteiger partial charge in [-0.15, -0.1) is 10.2 Å².